The Bertz CT molecular complexity index is 1340. The SMILES string of the molecule is COC(=O)C(=O)N1CCC[C@H]1C(=O)N[C@H](Cc1ccccc1)C(=O)NCC(=O)Nc1ccc(OCC(=O)OC(C)(C)C)cc1. The number of esters is 2. The highest BCUT2D eigenvalue weighted by Gasteiger charge is 2.38. The zero-order valence-electron chi connectivity index (χ0n) is 25.2. The van der Waals surface area contributed by atoms with Crippen LogP contribution >= 0.6 is 0 Å². The number of methoxy groups -OCH3 is 1. The Morgan fingerprint density at radius 3 is 2.30 bits per heavy atom. The number of nitrogens with zero attached hydrogens (tertiary/aromatic N) is 1. The molecule has 236 valence electrons. The van der Waals surface area contributed by atoms with Crippen LogP contribution in [-0.2, 0) is 44.7 Å². The van der Waals surface area contributed by atoms with Gasteiger partial charge in [0.2, 0.25) is 17.7 Å². The van der Waals surface area contributed by atoms with Gasteiger partial charge in [-0.25, -0.2) is 9.59 Å². The van der Waals surface area contributed by atoms with Gasteiger partial charge < -0.3 is 35.1 Å². The van der Waals surface area contributed by atoms with Gasteiger partial charge in [0.1, 0.15) is 23.4 Å². The van der Waals surface area contributed by atoms with Gasteiger partial charge in [-0.3, -0.25) is 19.2 Å². The van der Waals surface area contributed by atoms with Gasteiger partial charge in [-0.1, -0.05) is 30.3 Å². The summed E-state index contributed by atoms with van der Waals surface area (Å²) < 4.78 is 15.1. The lowest BCUT2D eigenvalue weighted by Crippen LogP contribution is -2.55. The number of nitrogens with one attached hydrogen (secondary N) is 3. The van der Waals surface area contributed by atoms with Gasteiger partial charge in [0, 0.05) is 18.7 Å². The maximum atomic E-state index is 13.2. The first-order chi connectivity index (χ1) is 20.9. The minimum Gasteiger partial charge on any atom is -0.482 e. The van der Waals surface area contributed by atoms with E-state index < -0.39 is 53.3 Å². The largest absolute Gasteiger partial charge is 0.482 e. The Morgan fingerprint density at radius 1 is 0.977 bits per heavy atom. The molecule has 0 aromatic heterocycles. The van der Waals surface area contributed by atoms with Crippen LogP contribution < -0.4 is 20.7 Å². The maximum Gasteiger partial charge on any atom is 0.396 e. The fraction of sp³-hybridized carbons (Fsp3) is 0.419. The van der Waals surface area contributed by atoms with Crippen molar-refractivity contribution in [2.75, 3.05) is 32.1 Å². The van der Waals surface area contributed by atoms with Crippen LogP contribution in [0.2, 0.25) is 0 Å². The van der Waals surface area contributed by atoms with Crippen LogP contribution in [0.1, 0.15) is 39.2 Å². The monoisotopic (exact) mass is 610 g/mol. The topological polar surface area (TPSA) is 169 Å². The van der Waals surface area contributed by atoms with Crippen LogP contribution in [0.4, 0.5) is 5.69 Å². The average Bonchev–Trinajstić information content (AvgIpc) is 3.48. The van der Waals surface area contributed by atoms with Crippen molar-refractivity contribution in [2.45, 2.75) is 57.7 Å². The predicted octanol–water partition coefficient (Wildman–Crippen LogP) is 1.35. The lowest BCUT2D eigenvalue weighted by atomic mass is 10.0. The molecule has 0 spiro atoms. The zero-order valence-corrected chi connectivity index (χ0v) is 25.2. The van der Waals surface area contributed by atoms with Crippen LogP contribution in [0.3, 0.4) is 0 Å². The minimum atomic E-state index is -1.07. The van der Waals surface area contributed by atoms with Gasteiger partial charge in [-0.05, 0) is 63.4 Å². The number of rotatable bonds is 11. The molecule has 2 aromatic carbocycles. The second-order valence-corrected chi connectivity index (χ2v) is 11.1. The van der Waals surface area contributed by atoms with Gasteiger partial charge in [0.05, 0.1) is 13.7 Å². The molecule has 1 aliphatic rings. The summed E-state index contributed by atoms with van der Waals surface area (Å²) in [6.45, 7) is 4.83. The molecule has 1 saturated heterocycles. The van der Waals surface area contributed by atoms with E-state index in [2.05, 4.69) is 20.7 Å². The molecular weight excluding hydrogens is 572 g/mol. The Kier molecular flexibility index (Phi) is 11.8. The number of carbonyl (C=O) groups excluding carboxylic acids is 6. The Morgan fingerprint density at radius 2 is 1.66 bits per heavy atom. The third-order valence-corrected chi connectivity index (χ3v) is 6.43. The van der Waals surface area contributed by atoms with E-state index in [-0.39, 0.29) is 26.1 Å². The summed E-state index contributed by atoms with van der Waals surface area (Å²) in [6.07, 6.45) is 0.956. The van der Waals surface area contributed by atoms with Crippen molar-refractivity contribution < 1.29 is 43.0 Å². The van der Waals surface area contributed by atoms with Crippen LogP contribution in [0.15, 0.2) is 54.6 Å². The third kappa shape index (κ3) is 10.4. The summed E-state index contributed by atoms with van der Waals surface area (Å²) in [4.78, 5) is 76.0. The number of carbonyl (C=O) groups is 6. The molecule has 0 bridgehead atoms. The molecule has 0 saturated carbocycles. The van der Waals surface area contributed by atoms with Crippen LogP contribution in [0.5, 0.6) is 5.75 Å². The van der Waals surface area contributed by atoms with Crippen molar-refractivity contribution in [3.63, 3.8) is 0 Å². The maximum absolute atomic E-state index is 13.2. The zero-order chi connectivity index (χ0) is 32.3. The highest BCUT2D eigenvalue weighted by molar-refractivity contribution is 6.32. The van der Waals surface area contributed by atoms with E-state index >= 15 is 0 Å². The van der Waals surface area contributed by atoms with Crippen LogP contribution in [0.25, 0.3) is 0 Å². The van der Waals surface area contributed by atoms with Crippen molar-refractivity contribution in [3.05, 3.63) is 60.2 Å². The normalized spacial score (nSPS) is 15.0. The second-order valence-electron chi connectivity index (χ2n) is 11.1. The highest BCUT2D eigenvalue weighted by Crippen LogP contribution is 2.19. The first-order valence-electron chi connectivity index (χ1n) is 14.1. The van der Waals surface area contributed by atoms with E-state index in [1.165, 1.54) is 0 Å². The van der Waals surface area contributed by atoms with E-state index in [1.807, 2.05) is 6.07 Å². The Labute approximate surface area is 255 Å². The minimum absolute atomic E-state index is 0.127. The number of hydrogen-bond acceptors (Lipinski definition) is 9. The third-order valence-electron chi connectivity index (χ3n) is 6.43. The fourth-order valence-corrected chi connectivity index (χ4v) is 4.46. The first kappa shape index (κ1) is 33.6. The fourth-order valence-electron chi connectivity index (χ4n) is 4.46. The van der Waals surface area contributed by atoms with Crippen LogP contribution in [-0.4, -0.2) is 85.0 Å². The van der Waals surface area contributed by atoms with Crippen molar-refractivity contribution in [3.8, 4) is 5.75 Å². The second kappa shape index (κ2) is 15.5. The van der Waals surface area contributed by atoms with E-state index in [4.69, 9.17) is 9.47 Å². The predicted molar refractivity (Wildman–Crippen MR) is 158 cm³/mol. The van der Waals surface area contributed by atoms with Gasteiger partial charge in [-0.2, -0.15) is 0 Å². The van der Waals surface area contributed by atoms with E-state index in [1.54, 1.807) is 69.3 Å². The highest BCUT2D eigenvalue weighted by atomic mass is 16.6. The molecule has 1 heterocycles. The average molecular weight is 611 g/mol. The molecule has 44 heavy (non-hydrogen) atoms. The molecule has 2 aromatic rings. The molecule has 0 radical (unpaired) electrons. The number of likely N-dealkylation sites (tertiary alicyclic amines) is 1. The quantitative estimate of drug-likeness (QED) is 0.251. The molecule has 1 fully saturated rings. The van der Waals surface area contributed by atoms with Crippen molar-refractivity contribution >= 4 is 41.3 Å². The molecule has 0 aliphatic carbocycles. The summed E-state index contributed by atoms with van der Waals surface area (Å²) in [7, 11) is 1.08. The van der Waals surface area contributed by atoms with Crippen molar-refractivity contribution in [2.24, 2.45) is 0 Å². The Hall–Kier alpha value is -4.94. The molecule has 3 rings (SSSR count). The number of amides is 4. The molecule has 2 atom stereocenters. The summed E-state index contributed by atoms with van der Waals surface area (Å²) in [6, 6.07) is 13.3. The Balaban J connectivity index is 1.57. The molecule has 4 amide bonds. The smallest absolute Gasteiger partial charge is 0.396 e. The molecule has 13 nitrogen and oxygen atoms in total. The number of ether oxygens (including phenoxy) is 3. The molecular formula is C31H38N4O9. The van der Waals surface area contributed by atoms with E-state index in [0.29, 0.717) is 24.3 Å². The summed E-state index contributed by atoms with van der Waals surface area (Å²) in [5.41, 5.74) is 0.570. The molecule has 3 N–H and O–H groups in total. The number of benzene rings is 2. The summed E-state index contributed by atoms with van der Waals surface area (Å²) >= 11 is 0. The van der Waals surface area contributed by atoms with Crippen molar-refractivity contribution in [1.29, 1.82) is 0 Å². The van der Waals surface area contributed by atoms with Crippen molar-refractivity contribution in [1.82, 2.24) is 15.5 Å². The van der Waals surface area contributed by atoms with Gasteiger partial charge in [-0.15, -0.1) is 0 Å². The summed E-state index contributed by atoms with van der Waals surface area (Å²) in [5.74, 6) is -3.82. The van der Waals surface area contributed by atoms with E-state index in [9.17, 15) is 28.8 Å². The molecule has 0 unspecified atom stereocenters. The molecule has 1 aliphatic heterocycles. The van der Waals surface area contributed by atoms with Crippen LogP contribution in [0, 0.1) is 0 Å². The van der Waals surface area contributed by atoms with Gasteiger partial charge in [0.15, 0.2) is 6.61 Å². The van der Waals surface area contributed by atoms with Gasteiger partial charge >= 0.3 is 17.8 Å². The lowest BCUT2D eigenvalue weighted by Gasteiger charge is -2.25. The van der Waals surface area contributed by atoms with E-state index in [0.717, 1.165) is 17.6 Å². The first-order valence-corrected chi connectivity index (χ1v) is 14.1. The standard InChI is InChI=1S/C31H38N4O9/c1-31(2,3)44-26(37)19-43-22-14-12-21(13-15-22)33-25(36)18-32-27(38)23(17-20-9-6-5-7-10-20)34-28(39)24-11-8-16-35(24)29(40)30(41)42-4/h5-7,9-10,12-15,23-24H,8,11,16-19H2,1-4H3,(H,32,38)(H,33,36)(H,34,39)/t23-,24+/m1/s1. The number of hydrogen-bond donors (Lipinski definition) is 3. The molecule has 13 heteroatoms. The summed E-state index contributed by atoms with van der Waals surface area (Å²) in [5, 5.41) is 7.88. The number of anilines is 1. The lowest BCUT2D eigenvalue weighted by molar-refractivity contribution is -0.159. The van der Waals surface area contributed by atoms with Gasteiger partial charge in [0.25, 0.3) is 0 Å².